The molecule has 0 N–H and O–H groups in total. The highest BCUT2D eigenvalue weighted by atomic mass is 32.2. The molecule has 0 unspecified atom stereocenters. The SMILES string of the molecule is C=C/C=C\C=C(/CC)C/C=C(\C=C/CC)n1cc(/C=C\C=C/C)c2c3c(ccc21)C/C=C\C=C/C(=C)S3. The molecule has 0 bridgehead atoms. The number of rotatable bonds is 10. The molecule has 0 spiro atoms. The van der Waals surface area contributed by atoms with Crippen LogP contribution < -0.4 is 0 Å². The van der Waals surface area contributed by atoms with Gasteiger partial charge < -0.3 is 4.57 Å². The number of hydrogen-bond donors (Lipinski definition) is 0. The highest BCUT2D eigenvalue weighted by molar-refractivity contribution is 8.03. The van der Waals surface area contributed by atoms with Gasteiger partial charge in [-0.1, -0.05) is 129 Å². The van der Waals surface area contributed by atoms with E-state index in [2.05, 4.69) is 129 Å². The van der Waals surface area contributed by atoms with Gasteiger partial charge in [-0.2, -0.15) is 0 Å². The van der Waals surface area contributed by atoms with Crippen molar-refractivity contribution in [1.82, 2.24) is 4.57 Å². The monoisotopic (exact) mass is 505 g/mol. The van der Waals surface area contributed by atoms with Crippen molar-refractivity contribution >= 4 is 34.4 Å². The first kappa shape index (κ1) is 28.1. The predicted octanol–water partition coefficient (Wildman–Crippen LogP) is 10.8. The molecule has 0 saturated carbocycles. The van der Waals surface area contributed by atoms with Crippen molar-refractivity contribution in [2.24, 2.45) is 0 Å². The highest BCUT2D eigenvalue weighted by Gasteiger charge is 2.17. The molecule has 3 rings (SSSR count). The number of nitrogens with zero attached hydrogens (tertiary/aromatic N) is 1. The van der Waals surface area contributed by atoms with Crippen LogP contribution in [-0.2, 0) is 6.42 Å². The molecule has 1 aliphatic rings. The standard InChI is InChI=1S/C35H39NS/c1-6-10-14-19-29(9-4)23-25-32(22-12-8-3)36-27-31(21-15-11-7-2)34-33(36)26-24-30-20-17-13-16-18-28(5)37-35(30)34/h6-7,10-19,21-22,24-27H,1,5,8-9,20,23H2,2-4H3/b11-7-,14-10-,17-13-,18-16-,21-15-,22-12-,29-19+,32-25+. The molecule has 1 aromatic heterocycles. The van der Waals surface area contributed by atoms with Crippen LogP contribution >= 0.6 is 11.8 Å². The third kappa shape index (κ3) is 7.74. The Morgan fingerprint density at radius 1 is 1.11 bits per heavy atom. The molecule has 0 amide bonds. The normalized spacial score (nSPS) is 17.1. The lowest BCUT2D eigenvalue weighted by molar-refractivity contribution is 1.02. The number of thioether (sulfide) groups is 1. The molecule has 1 nitrogen and oxygen atoms in total. The van der Waals surface area contributed by atoms with Gasteiger partial charge in [-0.3, -0.25) is 0 Å². The quantitative estimate of drug-likeness (QED) is 0.291. The molecule has 2 heterocycles. The van der Waals surface area contributed by atoms with Crippen LogP contribution in [0, 0.1) is 0 Å². The molecule has 0 aliphatic carbocycles. The fourth-order valence-electron chi connectivity index (χ4n) is 4.18. The Kier molecular flexibility index (Phi) is 11.3. The Morgan fingerprint density at radius 3 is 2.73 bits per heavy atom. The Bertz CT molecular complexity index is 1350. The fraction of sp³-hybridized carbons (Fsp3) is 0.200. The maximum absolute atomic E-state index is 4.31. The van der Waals surface area contributed by atoms with Crippen LogP contribution in [0.1, 0.15) is 51.2 Å². The summed E-state index contributed by atoms with van der Waals surface area (Å²) in [5, 5.41) is 1.28. The first-order valence-corrected chi connectivity index (χ1v) is 13.9. The summed E-state index contributed by atoms with van der Waals surface area (Å²) < 4.78 is 2.35. The summed E-state index contributed by atoms with van der Waals surface area (Å²) >= 11 is 1.77. The molecular formula is C35H39NS. The van der Waals surface area contributed by atoms with E-state index >= 15 is 0 Å². The van der Waals surface area contributed by atoms with Crippen molar-refractivity contribution in [3.8, 4) is 0 Å². The molecule has 37 heavy (non-hydrogen) atoms. The Morgan fingerprint density at radius 2 is 1.97 bits per heavy atom. The minimum absolute atomic E-state index is 0.900. The number of aromatic nitrogens is 1. The third-order valence-corrected chi connectivity index (χ3v) is 7.19. The number of hydrogen-bond acceptors (Lipinski definition) is 1. The smallest absolute Gasteiger partial charge is 0.0546 e. The molecule has 1 aromatic carbocycles. The van der Waals surface area contributed by atoms with E-state index in [1.807, 2.05) is 19.1 Å². The summed E-state index contributed by atoms with van der Waals surface area (Å²) in [5.74, 6) is 0. The molecular weight excluding hydrogens is 466 g/mol. The maximum atomic E-state index is 4.31. The number of allylic oxidation sites excluding steroid dienone is 16. The lowest BCUT2D eigenvalue weighted by Crippen LogP contribution is -1.95. The molecule has 2 heteroatoms. The minimum Gasteiger partial charge on any atom is -0.316 e. The zero-order chi connectivity index (χ0) is 26.5. The predicted molar refractivity (Wildman–Crippen MR) is 169 cm³/mol. The van der Waals surface area contributed by atoms with Crippen LogP contribution in [-0.4, -0.2) is 4.57 Å². The largest absolute Gasteiger partial charge is 0.316 e. The van der Waals surface area contributed by atoms with Gasteiger partial charge >= 0.3 is 0 Å². The second kappa shape index (κ2) is 14.9. The summed E-state index contributed by atoms with van der Waals surface area (Å²) in [5.41, 5.74) is 6.34. The first-order chi connectivity index (χ1) is 18.1. The number of fused-ring (bicyclic) bond motifs is 3. The van der Waals surface area contributed by atoms with Crippen LogP contribution in [0.3, 0.4) is 0 Å². The van der Waals surface area contributed by atoms with E-state index < -0.39 is 0 Å². The van der Waals surface area contributed by atoms with Crippen molar-refractivity contribution in [1.29, 1.82) is 0 Å². The van der Waals surface area contributed by atoms with Crippen LogP contribution in [0.2, 0.25) is 0 Å². The zero-order valence-corrected chi connectivity index (χ0v) is 23.3. The van der Waals surface area contributed by atoms with Crippen molar-refractivity contribution in [2.75, 3.05) is 0 Å². The second-order valence-corrected chi connectivity index (χ2v) is 9.93. The van der Waals surface area contributed by atoms with Gasteiger partial charge in [0.25, 0.3) is 0 Å². The van der Waals surface area contributed by atoms with Gasteiger partial charge in [-0.05, 0) is 56.4 Å². The van der Waals surface area contributed by atoms with E-state index in [9.17, 15) is 0 Å². The third-order valence-electron chi connectivity index (χ3n) is 6.12. The Labute approximate surface area is 228 Å². The van der Waals surface area contributed by atoms with E-state index in [0.29, 0.717) is 0 Å². The van der Waals surface area contributed by atoms with Gasteiger partial charge in [0.05, 0.1) is 5.52 Å². The van der Waals surface area contributed by atoms with E-state index in [1.165, 1.54) is 38.2 Å². The van der Waals surface area contributed by atoms with E-state index in [1.54, 1.807) is 11.8 Å². The van der Waals surface area contributed by atoms with Gasteiger partial charge in [0.1, 0.15) is 0 Å². The Hall–Kier alpha value is -3.49. The average Bonchev–Trinajstić information content (AvgIpc) is 3.30. The lowest BCUT2D eigenvalue weighted by atomic mass is 10.1. The molecule has 1 aliphatic heterocycles. The van der Waals surface area contributed by atoms with Gasteiger partial charge in [-0.15, -0.1) is 0 Å². The summed E-state index contributed by atoms with van der Waals surface area (Å²) in [6.45, 7) is 14.5. The van der Waals surface area contributed by atoms with Crippen molar-refractivity contribution in [2.45, 2.75) is 51.3 Å². The van der Waals surface area contributed by atoms with Crippen molar-refractivity contribution < 1.29 is 0 Å². The van der Waals surface area contributed by atoms with Crippen molar-refractivity contribution in [3.63, 3.8) is 0 Å². The molecule has 0 radical (unpaired) electrons. The highest BCUT2D eigenvalue weighted by Crippen LogP contribution is 2.40. The zero-order valence-electron chi connectivity index (χ0n) is 22.5. The summed E-state index contributed by atoms with van der Waals surface area (Å²) in [7, 11) is 0. The minimum atomic E-state index is 0.900. The molecule has 0 fully saturated rings. The van der Waals surface area contributed by atoms with Gasteiger partial charge in [0.2, 0.25) is 0 Å². The number of benzene rings is 1. The molecule has 0 atom stereocenters. The van der Waals surface area contributed by atoms with Gasteiger partial charge in [0.15, 0.2) is 0 Å². The average molecular weight is 506 g/mol. The molecule has 0 saturated heterocycles. The van der Waals surface area contributed by atoms with E-state index in [0.717, 1.165) is 30.6 Å². The Balaban J connectivity index is 2.23. The van der Waals surface area contributed by atoms with Gasteiger partial charge in [-0.25, -0.2) is 0 Å². The second-order valence-electron chi connectivity index (χ2n) is 8.79. The molecule has 2 aromatic rings. The summed E-state index contributed by atoms with van der Waals surface area (Å²) in [6, 6.07) is 4.56. The van der Waals surface area contributed by atoms with E-state index in [-0.39, 0.29) is 0 Å². The topological polar surface area (TPSA) is 4.93 Å². The van der Waals surface area contributed by atoms with Crippen molar-refractivity contribution in [3.05, 3.63) is 138 Å². The first-order valence-electron chi connectivity index (χ1n) is 13.1. The fourth-order valence-corrected chi connectivity index (χ4v) is 5.19. The summed E-state index contributed by atoms with van der Waals surface area (Å²) in [4.78, 5) is 2.34. The summed E-state index contributed by atoms with van der Waals surface area (Å²) in [6.07, 6.45) is 38.0. The molecule has 190 valence electrons. The van der Waals surface area contributed by atoms with E-state index in [4.69, 9.17) is 0 Å². The van der Waals surface area contributed by atoms with Crippen LogP contribution in [0.15, 0.2) is 132 Å². The maximum Gasteiger partial charge on any atom is 0.0546 e. The van der Waals surface area contributed by atoms with Crippen LogP contribution in [0.5, 0.6) is 0 Å². The van der Waals surface area contributed by atoms with Crippen LogP contribution in [0.4, 0.5) is 0 Å². The van der Waals surface area contributed by atoms with Gasteiger partial charge in [0, 0.05) is 32.6 Å². The van der Waals surface area contributed by atoms with Crippen LogP contribution in [0.25, 0.3) is 22.7 Å². The lowest BCUT2D eigenvalue weighted by Gasteiger charge is -2.13.